The van der Waals surface area contributed by atoms with Crippen molar-refractivity contribution in [3.05, 3.63) is 0 Å². The molecule has 0 amide bonds. The number of alkyl halides is 1. The summed E-state index contributed by atoms with van der Waals surface area (Å²) in [6.45, 7) is 6.72. The standard InChI is InChI=1S/C16H29BrO2/c1-13(2)12-18-9-10-19-15-11-14(17)16(15)7-5-3-4-6-8-16/h13-15H,3-12H2,1-2H3. The predicted molar refractivity (Wildman–Crippen MR) is 82.9 cm³/mol. The molecule has 0 aromatic rings. The van der Waals surface area contributed by atoms with Crippen LogP contribution in [0, 0.1) is 11.3 Å². The Labute approximate surface area is 126 Å². The summed E-state index contributed by atoms with van der Waals surface area (Å²) < 4.78 is 11.7. The van der Waals surface area contributed by atoms with Crippen LogP contribution < -0.4 is 0 Å². The Hall–Kier alpha value is 0.400. The molecule has 2 rings (SSSR count). The van der Waals surface area contributed by atoms with Crippen LogP contribution in [0.15, 0.2) is 0 Å². The molecule has 2 fully saturated rings. The molecule has 2 aliphatic rings. The Morgan fingerprint density at radius 1 is 1.11 bits per heavy atom. The SMILES string of the molecule is CC(C)COCCOC1CC(Br)C12CCCCCC2. The summed E-state index contributed by atoms with van der Waals surface area (Å²) in [6, 6.07) is 0. The van der Waals surface area contributed by atoms with Gasteiger partial charge in [-0.15, -0.1) is 0 Å². The molecule has 2 atom stereocenters. The molecule has 0 saturated heterocycles. The highest BCUT2D eigenvalue weighted by atomic mass is 79.9. The van der Waals surface area contributed by atoms with Crippen molar-refractivity contribution in [2.45, 2.75) is 69.7 Å². The van der Waals surface area contributed by atoms with Crippen molar-refractivity contribution in [2.75, 3.05) is 19.8 Å². The van der Waals surface area contributed by atoms with E-state index in [1.807, 2.05) is 0 Å². The zero-order valence-corrected chi connectivity index (χ0v) is 14.1. The van der Waals surface area contributed by atoms with E-state index in [1.165, 1.54) is 44.9 Å². The Kier molecular flexibility index (Phi) is 6.16. The number of rotatable bonds is 6. The van der Waals surface area contributed by atoms with Gasteiger partial charge in [-0.1, -0.05) is 55.5 Å². The van der Waals surface area contributed by atoms with Crippen LogP contribution in [0.25, 0.3) is 0 Å². The van der Waals surface area contributed by atoms with E-state index in [2.05, 4.69) is 29.8 Å². The molecule has 112 valence electrons. The molecule has 2 saturated carbocycles. The van der Waals surface area contributed by atoms with Gasteiger partial charge in [0.1, 0.15) is 0 Å². The van der Waals surface area contributed by atoms with E-state index in [9.17, 15) is 0 Å². The average molecular weight is 333 g/mol. The molecule has 2 nitrogen and oxygen atoms in total. The van der Waals surface area contributed by atoms with Gasteiger partial charge >= 0.3 is 0 Å². The summed E-state index contributed by atoms with van der Waals surface area (Å²) in [5.74, 6) is 0.615. The maximum absolute atomic E-state index is 6.12. The van der Waals surface area contributed by atoms with Crippen LogP contribution in [-0.2, 0) is 9.47 Å². The first kappa shape index (κ1) is 15.8. The highest BCUT2D eigenvalue weighted by Crippen LogP contribution is 2.55. The maximum atomic E-state index is 6.12. The predicted octanol–water partition coefficient (Wildman–Crippen LogP) is 4.55. The second-order valence-corrected chi connectivity index (χ2v) is 7.78. The number of ether oxygens (including phenoxy) is 2. The van der Waals surface area contributed by atoms with Crippen molar-refractivity contribution >= 4 is 15.9 Å². The van der Waals surface area contributed by atoms with Crippen LogP contribution in [0.1, 0.15) is 58.8 Å². The van der Waals surface area contributed by atoms with Crippen molar-refractivity contribution < 1.29 is 9.47 Å². The van der Waals surface area contributed by atoms with E-state index in [0.717, 1.165) is 19.8 Å². The van der Waals surface area contributed by atoms with Gasteiger partial charge in [-0.25, -0.2) is 0 Å². The first-order chi connectivity index (χ1) is 9.15. The lowest BCUT2D eigenvalue weighted by Gasteiger charge is -2.53. The molecule has 1 spiro atoms. The number of hydrogen-bond donors (Lipinski definition) is 0. The van der Waals surface area contributed by atoms with E-state index in [0.29, 0.717) is 22.3 Å². The Morgan fingerprint density at radius 2 is 1.79 bits per heavy atom. The summed E-state index contributed by atoms with van der Waals surface area (Å²) >= 11 is 3.88. The van der Waals surface area contributed by atoms with Gasteiger partial charge in [0.2, 0.25) is 0 Å². The van der Waals surface area contributed by atoms with Crippen LogP contribution in [-0.4, -0.2) is 30.8 Å². The molecule has 0 aromatic heterocycles. The van der Waals surface area contributed by atoms with Gasteiger partial charge in [0.15, 0.2) is 0 Å². The maximum Gasteiger partial charge on any atom is 0.0704 e. The quantitative estimate of drug-likeness (QED) is 0.524. The van der Waals surface area contributed by atoms with Gasteiger partial charge in [-0.2, -0.15) is 0 Å². The third-order valence-corrected chi connectivity index (χ3v) is 6.00. The average Bonchev–Trinajstić information content (AvgIpc) is 2.64. The highest BCUT2D eigenvalue weighted by molar-refractivity contribution is 9.09. The fraction of sp³-hybridized carbons (Fsp3) is 1.00. The first-order valence-electron chi connectivity index (χ1n) is 7.98. The molecule has 2 unspecified atom stereocenters. The molecule has 0 radical (unpaired) electrons. The van der Waals surface area contributed by atoms with Crippen molar-refractivity contribution in [2.24, 2.45) is 11.3 Å². The van der Waals surface area contributed by atoms with Gasteiger partial charge < -0.3 is 9.47 Å². The van der Waals surface area contributed by atoms with Crippen LogP contribution in [0.2, 0.25) is 0 Å². The van der Waals surface area contributed by atoms with Crippen molar-refractivity contribution in [3.63, 3.8) is 0 Å². The van der Waals surface area contributed by atoms with E-state index in [1.54, 1.807) is 0 Å². The highest BCUT2D eigenvalue weighted by Gasteiger charge is 2.53. The van der Waals surface area contributed by atoms with Crippen LogP contribution >= 0.6 is 15.9 Å². The van der Waals surface area contributed by atoms with E-state index in [-0.39, 0.29) is 0 Å². The van der Waals surface area contributed by atoms with Crippen LogP contribution in [0.3, 0.4) is 0 Å². The van der Waals surface area contributed by atoms with Gasteiger partial charge in [0.05, 0.1) is 19.3 Å². The minimum Gasteiger partial charge on any atom is -0.379 e. The Balaban J connectivity index is 1.71. The lowest BCUT2D eigenvalue weighted by Crippen LogP contribution is -2.55. The molecule has 2 aliphatic carbocycles. The smallest absolute Gasteiger partial charge is 0.0704 e. The summed E-state index contributed by atoms with van der Waals surface area (Å²) in [5, 5.41) is 0. The summed E-state index contributed by atoms with van der Waals surface area (Å²) in [4.78, 5) is 0.680. The van der Waals surface area contributed by atoms with Gasteiger partial charge in [0, 0.05) is 16.8 Å². The van der Waals surface area contributed by atoms with E-state index < -0.39 is 0 Å². The summed E-state index contributed by atoms with van der Waals surface area (Å²) in [6.07, 6.45) is 9.93. The van der Waals surface area contributed by atoms with E-state index >= 15 is 0 Å². The lowest BCUT2D eigenvalue weighted by molar-refractivity contribution is -0.122. The molecular weight excluding hydrogens is 304 g/mol. The third-order valence-electron chi connectivity index (χ3n) is 4.72. The zero-order valence-electron chi connectivity index (χ0n) is 12.5. The van der Waals surface area contributed by atoms with Crippen LogP contribution in [0.4, 0.5) is 0 Å². The fourth-order valence-electron chi connectivity index (χ4n) is 3.52. The molecule has 0 aromatic carbocycles. The monoisotopic (exact) mass is 332 g/mol. The molecule has 19 heavy (non-hydrogen) atoms. The molecule has 0 aliphatic heterocycles. The van der Waals surface area contributed by atoms with Gasteiger partial charge in [-0.05, 0) is 25.2 Å². The van der Waals surface area contributed by atoms with Crippen molar-refractivity contribution in [3.8, 4) is 0 Å². The second kappa shape index (κ2) is 7.42. The molecular formula is C16H29BrO2. The van der Waals surface area contributed by atoms with Crippen LogP contribution in [0.5, 0.6) is 0 Å². The second-order valence-electron chi connectivity index (χ2n) is 6.68. The number of hydrogen-bond acceptors (Lipinski definition) is 2. The topological polar surface area (TPSA) is 18.5 Å². The first-order valence-corrected chi connectivity index (χ1v) is 8.90. The van der Waals surface area contributed by atoms with E-state index in [4.69, 9.17) is 9.47 Å². The zero-order chi connectivity index (χ0) is 13.7. The molecule has 0 heterocycles. The fourth-order valence-corrected chi connectivity index (χ4v) is 4.62. The summed E-state index contributed by atoms with van der Waals surface area (Å²) in [5.41, 5.74) is 0.439. The Morgan fingerprint density at radius 3 is 2.37 bits per heavy atom. The minimum absolute atomic E-state index is 0.439. The third kappa shape index (κ3) is 3.95. The van der Waals surface area contributed by atoms with Gasteiger partial charge in [-0.3, -0.25) is 0 Å². The van der Waals surface area contributed by atoms with Gasteiger partial charge in [0.25, 0.3) is 0 Å². The largest absolute Gasteiger partial charge is 0.379 e. The molecule has 0 bridgehead atoms. The lowest BCUT2D eigenvalue weighted by atomic mass is 9.61. The normalized spacial score (nSPS) is 30.3. The number of halogens is 1. The minimum atomic E-state index is 0.439. The Bertz CT molecular complexity index is 259. The van der Waals surface area contributed by atoms with Crippen molar-refractivity contribution in [1.29, 1.82) is 0 Å². The summed E-state index contributed by atoms with van der Waals surface area (Å²) in [7, 11) is 0. The molecule has 0 N–H and O–H groups in total. The molecule has 3 heteroatoms. The van der Waals surface area contributed by atoms with Crippen molar-refractivity contribution in [1.82, 2.24) is 0 Å².